The second-order valence-electron chi connectivity index (χ2n) is 8.86. The summed E-state index contributed by atoms with van der Waals surface area (Å²) in [6.07, 6.45) is 1.16. The van der Waals surface area contributed by atoms with Crippen LogP contribution in [0.25, 0.3) is 0 Å². The maximum absolute atomic E-state index is 12.9. The number of benzene rings is 1. The van der Waals surface area contributed by atoms with Crippen LogP contribution in [0.3, 0.4) is 0 Å². The van der Waals surface area contributed by atoms with Gasteiger partial charge < -0.3 is 14.8 Å². The minimum Gasteiger partial charge on any atom is -0.453 e. The molecule has 1 aliphatic heterocycles. The van der Waals surface area contributed by atoms with E-state index >= 15 is 0 Å². The summed E-state index contributed by atoms with van der Waals surface area (Å²) in [5, 5.41) is 5.99. The van der Waals surface area contributed by atoms with E-state index in [1.54, 1.807) is 12.3 Å². The highest BCUT2D eigenvalue weighted by Crippen LogP contribution is 2.38. The number of likely N-dealkylation sites (tertiary alicyclic amines) is 1. The van der Waals surface area contributed by atoms with Gasteiger partial charge in [-0.2, -0.15) is 13.2 Å². The number of aldehydes is 1. The van der Waals surface area contributed by atoms with Crippen LogP contribution >= 0.6 is 23.1 Å². The molecule has 7 nitrogen and oxygen atoms in total. The van der Waals surface area contributed by atoms with Crippen LogP contribution in [-0.4, -0.2) is 45.8 Å². The number of halogens is 3. The summed E-state index contributed by atoms with van der Waals surface area (Å²) in [7, 11) is 0. The Balaban J connectivity index is 1.33. The molecule has 1 N–H and O–H groups in total. The minimum absolute atomic E-state index is 0.337. The molecule has 0 radical (unpaired) electrons. The zero-order valence-electron chi connectivity index (χ0n) is 20.6. The largest absolute Gasteiger partial charge is 0.453 e. The van der Waals surface area contributed by atoms with Gasteiger partial charge in [0.1, 0.15) is 17.7 Å². The summed E-state index contributed by atoms with van der Waals surface area (Å²) in [5.41, 5.74) is 0.0766. The molecule has 1 aromatic carbocycles. The van der Waals surface area contributed by atoms with Crippen LogP contribution in [0.1, 0.15) is 30.1 Å². The lowest BCUT2D eigenvalue weighted by Gasteiger charge is -2.29. The lowest BCUT2D eigenvalue weighted by atomic mass is 9.94. The maximum atomic E-state index is 12.9. The van der Waals surface area contributed by atoms with Crippen LogP contribution in [0, 0.1) is 0 Å². The summed E-state index contributed by atoms with van der Waals surface area (Å²) in [6, 6.07) is 13.4. The van der Waals surface area contributed by atoms with Gasteiger partial charge in [-0.05, 0) is 50.2 Å². The number of thiazole rings is 1. The molecule has 0 amide bonds. The lowest BCUT2D eigenvalue weighted by Crippen LogP contribution is -2.34. The number of ether oxygens (including phenoxy) is 1. The van der Waals surface area contributed by atoms with Crippen molar-refractivity contribution < 1.29 is 22.7 Å². The number of carbonyl (C=O) groups excluding carboxylic acids is 1. The third-order valence-corrected chi connectivity index (χ3v) is 7.86. The number of aromatic nitrogens is 3. The number of anilines is 2. The van der Waals surface area contributed by atoms with Crippen LogP contribution in [0.15, 0.2) is 76.1 Å². The van der Waals surface area contributed by atoms with Gasteiger partial charge in [-0.25, -0.2) is 9.97 Å². The van der Waals surface area contributed by atoms with E-state index in [2.05, 4.69) is 20.2 Å². The van der Waals surface area contributed by atoms with E-state index in [0.717, 1.165) is 44.0 Å². The number of carbonyl (C=O) groups is 1. The Morgan fingerprint density at radius 3 is 2.54 bits per heavy atom. The van der Waals surface area contributed by atoms with Crippen molar-refractivity contribution in [2.75, 3.05) is 25.0 Å². The highest BCUT2D eigenvalue weighted by molar-refractivity contribution is 7.99. The van der Waals surface area contributed by atoms with Gasteiger partial charge in [0, 0.05) is 39.5 Å². The van der Waals surface area contributed by atoms with Crippen molar-refractivity contribution in [3.8, 4) is 11.5 Å². The standard InChI is InChI=1S/C27H24F3N5O2S2/c28-27(29,30)24-7-6-20(15-31-24)39-21-14-23(37-19-4-2-1-3-5-19)25(32-16-21)34-26-33-22(17-38-26)18-8-10-35(11-9-18)12-13-36/h1-7,13-18H,8-12H2,(H,32,33,34). The molecule has 202 valence electrons. The second-order valence-corrected chi connectivity index (χ2v) is 10.9. The highest BCUT2D eigenvalue weighted by atomic mass is 32.2. The number of alkyl halides is 3. The van der Waals surface area contributed by atoms with Gasteiger partial charge in [-0.15, -0.1) is 11.3 Å². The van der Waals surface area contributed by atoms with Gasteiger partial charge in [0.2, 0.25) is 0 Å². The molecule has 4 heterocycles. The Kier molecular flexibility index (Phi) is 8.44. The van der Waals surface area contributed by atoms with Crippen LogP contribution < -0.4 is 10.1 Å². The molecular weight excluding hydrogens is 547 g/mol. The van der Waals surface area contributed by atoms with E-state index in [4.69, 9.17) is 9.72 Å². The molecule has 0 unspecified atom stereocenters. The SMILES string of the molecule is O=CCN1CCC(c2csc(Nc3ncc(Sc4ccc(C(F)(F)F)nc4)cc3Oc3ccccc3)n2)CC1. The fourth-order valence-corrected chi connectivity index (χ4v) is 5.74. The third-order valence-electron chi connectivity index (χ3n) is 6.15. The average molecular weight is 572 g/mol. The van der Waals surface area contributed by atoms with E-state index in [1.807, 2.05) is 35.7 Å². The normalized spacial score (nSPS) is 14.7. The van der Waals surface area contributed by atoms with Crippen molar-refractivity contribution >= 4 is 40.3 Å². The van der Waals surface area contributed by atoms with Crippen molar-refractivity contribution in [3.63, 3.8) is 0 Å². The summed E-state index contributed by atoms with van der Waals surface area (Å²) >= 11 is 2.72. The Morgan fingerprint density at radius 1 is 1.08 bits per heavy atom. The fraction of sp³-hybridized carbons (Fsp3) is 0.259. The molecule has 0 atom stereocenters. The third kappa shape index (κ3) is 7.14. The first-order valence-electron chi connectivity index (χ1n) is 12.2. The van der Waals surface area contributed by atoms with Gasteiger partial charge in [0.15, 0.2) is 16.7 Å². The molecular formula is C27H24F3N5O2S2. The molecule has 3 aromatic heterocycles. The number of hydrogen-bond acceptors (Lipinski definition) is 9. The molecule has 0 spiro atoms. The zero-order valence-corrected chi connectivity index (χ0v) is 22.2. The molecule has 1 aliphatic rings. The Labute approximate surface area is 231 Å². The van der Waals surface area contributed by atoms with Gasteiger partial charge in [-0.3, -0.25) is 9.88 Å². The zero-order chi connectivity index (χ0) is 27.2. The van der Waals surface area contributed by atoms with Crippen molar-refractivity contribution in [2.45, 2.75) is 34.7 Å². The van der Waals surface area contributed by atoms with Gasteiger partial charge in [-0.1, -0.05) is 30.0 Å². The number of rotatable bonds is 9. The van der Waals surface area contributed by atoms with E-state index in [-0.39, 0.29) is 0 Å². The monoisotopic (exact) mass is 571 g/mol. The summed E-state index contributed by atoms with van der Waals surface area (Å²) in [6.45, 7) is 2.21. The molecule has 1 saturated heterocycles. The molecule has 39 heavy (non-hydrogen) atoms. The molecule has 4 aromatic rings. The summed E-state index contributed by atoms with van der Waals surface area (Å²) in [4.78, 5) is 27.0. The van der Waals surface area contributed by atoms with Crippen molar-refractivity contribution in [3.05, 3.63) is 77.7 Å². The second kappa shape index (κ2) is 12.1. The first-order chi connectivity index (χ1) is 18.9. The van der Waals surface area contributed by atoms with Crippen LogP contribution in [0.2, 0.25) is 0 Å². The van der Waals surface area contributed by atoms with Crippen molar-refractivity contribution in [2.24, 2.45) is 0 Å². The molecule has 1 fully saturated rings. The quantitative estimate of drug-likeness (QED) is 0.215. The lowest BCUT2D eigenvalue weighted by molar-refractivity contribution is -0.141. The number of para-hydroxylation sites is 1. The molecule has 12 heteroatoms. The van der Waals surface area contributed by atoms with E-state index in [1.165, 1.54) is 35.4 Å². The Hall–Kier alpha value is -3.48. The minimum atomic E-state index is -4.49. The molecule has 5 rings (SSSR count). The van der Waals surface area contributed by atoms with Crippen LogP contribution in [0.4, 0.5) is 24.1 Å². The summed E-state index contributed by atoms with van der Waals surface area (Å²) < 4.78 is 44.7. The first-order valence-corrected chi connectivity index (χ1v) is 13.9. The van der Waals surface area contributed by atoms with E-state index in [0.29, 0.717) is 44.7 Å². The van der Waals surface area contributed by atoms with Gasteiger partial charge >= 0.3 is 6.18 Å². The predicted octanol–water partition coefficient (Wildman–Crippen LogP) is 7.02. The topological polar surface area (TPSA) is 80.2 Å². The predicted molar refractivity (Wildman–Crippen MR) is 144 cm³/mol. The Morgan fingerprint density at radius 2 is 1.85 bits per heavy atom. The smallest absolute Gasteiger partial charge is 0.433 e. The number of hydrogen-bond donors (Lipinski definition) is 1. The van der Waals surface area contributed by atoms with Crippen molar-refractivity contribution in [1.82, 2.24) is 19.9 Å². The summed E-state index contributed by atoms with van der Waals surface area (Å²) in [5.74, 6) is 1.87. The van der Waals surface area contributed by atoms with Crippen molar-refractivity contribution in [1.29, 1.82) is 0 Å². The Bertz CT molecular complexity index is 1390. The number of pyridine rings is 2. The molecule has 0 bridgehead atoms. The first kappa shape index (κ1) is 27.1. The van der Waals surface area contributed by atoms with E-state index < -0.39 is 11.9 Å². The fourth-order valence-electron chi connectivity index (χ4n) is 4.16. The number of nitrogens with zero attached hydrogens (tertiary/aromatic N) is 4. The van der Waals surface area contributed by atoms with Crippen LogP contribution in [0.5, 0.6) is 11.5 Å². The highest BCUT2D eigenvalue weighted by Gasteiger charge is 2.32. The van der Waals surface area contributed by atoms with Gasteiger partial charge in [0.05, 0.1) is 12.2 Å². The molecule has 0 aliphatic carbocycles. The molecule has 0 saturated carbocycles. The number of piperidine rings is 1. The maximum Gasteiger partial charge on any atom is 0.433 e. The average Bonchev–Trinajstić information content (AvgIpc) is 3.40. The van der Waals surface area contributed by atoms with E-state index in [9.17, 15) is 18.0 Å². The van der Waals surface area contributed by atoms with Gasteiger partial charge in [0.25, 0.3) is 0 Å². The number of nitrogens with one attached hydrogen (secondary N) is 1. The van der Waals surface area contributed by atoms with Crippen LogP contribution in [-0.2, 0) is 11.0 Å².